The summed E-state index contributed by atoms with van der Waals surface area (Å²) in [7, 11) is 0. The van der Waals surface area contributed by atoms with Gasteiger partial charge in [0.2, 0.25) is 0 Å². The summed E-state index contributed by atoms with van der Waals surface area (Å²) >= 11 is 0. The molecule has 2 aromatic carbocycles. The van der Waals surface area contributed by atoms with E-state index < -0.39 is 5.97 Å². The molecule has 1 aromatic heterocycles. The molecule has 2 heterocycles. The molecule has 0 fully saturated rings. The predicted octanol–water partition coefficient (Wildman–Crippen LogP) is 5.16. The molecule has 5 heteroatoms. The van der Waals surface area contributed by atoms with Crippen LogP contribution in [0.5, 0.6) is 0 Å². The molecule has 3 aromatic rings. The molecular formula is C21H20FNO3. The van der Waals surface area contributed by atoms with Gasteiger partial charge in [-0.15, -0.1) is 0 Å². The van der Waals surface area contributed by atoms with Crippen LogP contribution in [0.15, 0.2) is 40.8 Å². The lowest BCUT2D eigenvalue weighted by Gasteiger charge is -2.07. The van der Waals surface area contributed by atoms with Crippen LogP contribution in [-0.2, 0) is 11.2 Å². The first-order valence-corrected chi connectivity index (χ1v) is 8.93. The summed E-state index contributed by atoms with van der Waals surface area (Å²) in [6.45, 7) is 2.98. The molecule has 0 aliphatic carbocycles. The smallest absolute Gasteiger partial charge is 0.342 e. The van der Waals surface area contributed by atoms with Gasteiger partial charge in [-0.3, -0.25) is 0 Å². The van der Waals surface area contributed by atoms with Crippen LogP contribution in [0.3, 0.4) is 0 Å². The monoisotopic (exact) mass is 353 g/mol. The number of carbonyl (C=O) groups is 1. The van der Waals surface area contributed by atoms with Crippen LogP contribution in [-0.4, -0.2) is 19.1 Å². The fourth-order valence-electron chi connectivity index (χ4n) is 3.43. The molecule has 0 bridgehead atoms. The number of furan rings is 1. The van der Waals surface area contributed by atoms with Crippen molar-refractivity contribution in [2.24, 2.45) is 0 Å². The van der Waals surface area contributed by atoms with Gasteiger partial charge in [0.15, 0.2) is 0 Å². The van der Waals surface area contributed by atoms with Crippen LogP contribution in [0.2, 0.25) is 0 Å². The highest BCUT2D eigenvalue weighted by Crippen LogP contribution is 2.38. The highest BCUT2D eigenvalue weighted by molar-refractivity contribution is 6.09. The van der Waals surface area contributed by atoms with E-state index in [0.29, 0.717) is 22.5 Å². The van der Waals surface area contributed by atoms with Gasteiger partial charge in [0.05, 0.1) is 6.61 Å². The summed E-state index contributed by atoms with van der Waals surface area (Å²) in [5, 5.41) is 4.16. The number of nitrogens with one attached hydrogen (secondary N) is 1. The van der Waals surface area contributed by atoms with E-state index in [0.717, 1.165) is 36.9 Å². The van der Waals surface area contributed by atoms with Crippen molar-refractivity contribution in [3.8, 4) is 11.3 Å². The number of ether oxygens (including phenoxy) is 1. The first-order chi connectivity index (χ1) is 12.7. The highest BCUT2D eigenvalue weighted by atomic mass is 19.1. The van der Waals surface area contributed by atoms with Gasteiger partial charge in [0.25, 0.3) is 0 Å². The molecule has 4 nitrogen and oxygen atoms in total. The lowest BCUT2D eigenvalue weighted by Crippen LogP contribution is -2.05. The number of fused-ring (bicyclic) bond motifs is 2. The van der Waals surface area contributed by atoms with Crippen molar-refractivity contribution in [1.29, 1.82) is 0 Å². The normalized spacial score (nSPS) is 13.8. The fraction of sp³-hybridized carbons (Fsp3) is 0.286. The number of hydrogen-bond donors (Lipinski definition) is 1. The quantitative estimate of drug-likeness (QED) is 0.661. The number of anilines is 1. The summed E-state index contributed by atoms with van der Waals surface area (Å²) in [5.74, 6) is -0.343. The Morgan fingerprint density at radius 1 is 1.23 bits per heavy atom. The number of rotatable bonds is 3. The molecule has 134 valence electrons. The number of esters is 1. The maximum absolute atomic E-state index is 13.3. The van der Waals surface area contributed by atoms with Crippen molar-refractivity contribution < 1.29 is 18.3 Å². The lowest BCUT2D eigenvalue weighted by molar-refractivity contribution is 0.0529. The Morgan fingerprint density at radius 3 is 2.81 bits per heavy atom. The molecule has 1 aliphatic rings. The predicted molar refractivity (Wildman–Crippen MR) is 99.0 cm³/mol. The second-order valence-electron chi connectivity index (χ2n) is 6.42. The van der Waals surface area contributed by atoms with Crippen LogP contribution in [0.4, 0.5) is 10.1 Å². The molecule has 26 heavy (non-hydrogen) atoms. The van der Waals surface area contributed by atoms with Gasteiger partial charge in [-0.2, -0.15) is 0 Å². The maximum atomic E-state index is 13.3. The summed E-state index contributed by atoms with van der Waals surface area (Å²) in [4.78, 5) is 12.6. The van der Waals surface area contributed by atoms with Crippen LogP contribution < -0.4 is 5.32 Å². The van der Waals surface area contributed by atoms with E-state index in [1.54, 1.807) is 19.1 Å². The third kappa shape index (κ3) is 2.94. The minimum Gasteiger partial charge on any atom is -0.462 e. The van der Waals surface area contributed by atoms with Crippen molar-refractivity contribution in [2.75, 3.05) is 18.5 Å². The van der Waals surface area contributed by atoms with Gasteiger partial charge in [0.1, 0.15) is 22.7 Å². The van der Waals surface area contributed by atoms with Crippen LogP contribution >= 0.6 is 0 Å². The molecule has 0 radical (unpaired) electrons. The van der Waals surface area contributed by atoms with Crippen LogP contribution in [0, 0.1) is 5.82 Å². The largest absolute Gasteiger partial charge is 0.462 e. The number of benzene rings is 2. The Morgan fingerprint density at radius 2 is 2.04 bits per heavy atom. The summed E-state index contributed by atoms with van der Waals surface area (Å²) in [6, 6.07) is 9.90. The van der Waals surface area contributed by atoms with Gasteiger partial charge >= 0.3 is 5.97 Å². The van der Waals surface area contributed by atoms with E-state index in [9.17, 15) is 9.18 Å². The standard InChI is InChI=1S/C21H20FNO3/c1-2-25-21(24)19-16-11-14-5-3-4-10-23-17(14)12-18(16)26-20(19)13-6-8-15(22)9-7-13/h6-9,11-12,23H,2-5,10H2,1H3. The number of carbonyl (C=O) groups excluding carboxylic acids is 1. The molecule has 1 N–H and O–H groups in total. The average Bonchev–Trinajstić information content (AvgIpc) is 2.84. The van der Waals surface area contributed by atoms with Crippen molar-refractivity contribution in [2.45, 2.75) is 26.2 Å². The van der Waals surface area contributed by atoms with Gasteiger partial charge in [-0.05, 0) is 62.1 Å². The first kappa shape index (κ1) is 16.6. The molecule has 0 amide bonds. The minimum absolute atomic E-state index is 0.279. The zero-order valence-corrected chi connectivity index (χ0v) is 14.6. The maximum Gasteiger partial charge on any atom is 0.342 e. The third-order valence-electron chi connectivity index (χ3n) is 4.69. The summed E-state index contributed by atoms with van der Waals surface area (Å²) < 4.78 is 24.6. The van der Waals surface area contributed by atoms with Crippen molar-refractivity contribution >= 4 is 22.6 Å². The second kappa shape index (κ2) is 6.83. The van der Waals surface area contributed by atoms with Crippen LogP contribution in [0.25, 0.3) is 22.3 Å². The molecule has 1 aliphatic heterocycles. The number of aryl methyl sites for hydroxylation is 1. The molecule has 4 rings (SSSR count). The average molecular weight is 353 g/mol. The first-order valence-electron chi connectivity index (χ1n) is 8.93. The second-order valence-corrected chi connectivity index (χ2v) is 6.42. The van der Waals surface area contributed by atoms with E-state index >= 15 is 0 Å². The van der Waals surface area contributed by atoms with Gasteiger partial charge in [-0.25, -0.2) is 9.18 Å². The topological polar surface area (TPSA) is 51.5 Å². The van der Waals surface area contributed by atoms with E-state index in [1.807, 2.05) is 12.1 Å². The molecule has 0 spiro atoms. The Balaban J connectivity index is 1.93. The van der Waals surface area contributed by atoms with E-state index in [4.69, 9.17) is 9.15 Å². The summed E-state index contributed by atoms with van der Waals surface area (Å²) in [6.07, 6.45) is 3.17. The van der Waals surface area contributed by atoms with Crippen molar-refractivity contribution in [1.82, 2.24) is 0 Å². The molecule has 0 saturated heterocycles. The highest BCUT2D eigenvalue weighted by Gasteiger charge is 2.25. The van der Waals surface area contributed by atoms with Gasteiger partial charge in [-0.1, -0.05) is 0 Å². The Labute approximate surface area is 151 Å². The molecular weight excluding hydrogens is 333 g/mol. The van der Waals surface area contributed by atoms with E-state index in [1.165, 1.54) is 17.7 Å². The summed E-state index contributed by atoms with van der Waals surface area (Å²) in [5.41, 5.74) is 3.90. The zero-order valence-electron chi connectivity index (χ0n) is 14.6. The zero-order chi connectivity index (χ0) is 18.1. The Hall–Kier alpha value is -2.82. The third-order valence-corrected chi connectivity index (χ3v) is 4.69. The fourth-order valence-corrected chi connectivity index (χ4v) is 3.43. The van der Waals surface area contributed by atoms with Crippen molar-refractivity contribution in [3.63, 3.8) is 0 Å². The molecule has 0 saturated carbocycles. The Bertz CT molecular complexity index is 960. The van der Waals surface area contributed by atoms with Crippen LogP contribution in [0.1, 0.15) is 35.7 Å². The lowest BCUT2D eigenvalue weighted by atomic mass is 10.0. The Kier molecular flexibility index (Phi) is 4.37. The molecule has 0 unspecified atom stereocenters. The van der Waals surface area contributed by atoms with Gasteiger partial charge < -0.3 is 14.5 Å². The number of hydrogen-bond acceptors (Lipinski definition) is 4. The van der Waals surface area contributed by atoms with E-state index in [2.05, 4.69) is 5.32 Å². The van der Waals surface area contributed by atoms with Gasteiger partial charge in [0, 0.05) is 29.2 Å². The van der Waals surface area contributed by atoms with Crippen molar-refractivity contribution in [3.05, 3.63) is 53.3 Å². The SMILES string of the molecule is CCOC(=O)c1c(-c2ccc(F)cc2)oc2cc3c(cc12)CCCCN3. The number of halogens is 1. The minimum atomic E-state index is -0.424. The molecule has 0 atom stereocenters. The van der Waals surface area contributed by atoms with E-state index in [-0.39, 0.29) is 12.4 Å².